The fourth-order valence-electron chi connectivity index (χ4n) is 1.95. The molecule has 5 nitrogen and oxygen atoms in total. The number of rotatable bonds is 7. The molecule has 0 heterocycles. The topological polar surface area (TPSA) is 75.6 Å². The predicted octanol–water partition coefficient (Wildman–Crippen LogP) is 4.11. The minimum atomic E-state index is -2.91. The number of thioether (sulfide) groups is 1. The van der Waals surface area contributed by atoms with Gasteiger partial charge in [0, 0.05) is 10.6 Å². The van der Waals surface area contributed by atoms with E-state index in [0.29, 0.717) is 10.6 Å². The largest absolute Gasteiger partial charge is 0.478 e. The molecule has 2 aromatic carbocycles. The van der Waals surface area contributed by atoms with Gasteiger partial charge in [-0.05, 0) is 43.3 Å². The highest BCUT2D eigenvalue weighted by Gasteiger charge is 2.18. The maximum absolute atomic E-state index is 12.2. The molecule has 2 aromatic rings. The molecule has 8 heteroatoms. The number of carboxylic acids is 1. The van der Waals surface area contributed by atoms with Crippen LogP contribution >= 0.6 is 11.8 Å². The van der Waals surface area contributed by atoms with Gasteiger partial charge in [-0.3, -0.25) is 4.79 Å². The lowest BCUT2D eigenvalue weighted by molar-refractivity contribution is -0.115. The van der Waals surface area contributed by atoms with Crippen molar-refractivity contribution in [2.45, 2.75) is 23.7 Å². The quantitative estimate of drug-likeness (QED) is 0.721. The van der Waals surface area contributed by atoms with Crippen LogP contribution in [0, 0.1) is 0 Å². The minimum absolute atomic E-state index is 0.00851. The van der Waals surface area contributed by atoms with Crippen molar-refractivity contribution in [3.8, 4) is 5.75 Å². The lowest BCUT2D eigenvalue weighted by Crippen LogP contribution is -2.22. The standard InChI is InChI=1S/C17H15F2NO4S/c1-10(25-14-5-3-2-4-13(14)16(22)23)15(21)20-11-6-8-12(9-7-11)24-17(18)19/h2-10,17H,1H3,(H,20,21)(H,22,23). The molecule has 0 spiro atoms. The van der Waals surface area contributed by atoms with Crippen molar-refractivity contribution < 1.29 is 28.2 Å². The number of hydrogen-bond donors (Lipinski definition) is 2. The van der Waals surface area contributed by atoms with Crippen LogP contribution in [0.15, 0.2) is 53.4 Å². The lowest BCUT2D eigenvalue weighted by Gasteiger charge is -2.13. The average molecular weight is 367 g/mol. The molecule has 132 valence electrons. The summed E-state index contributed by atoms with van der Waals surface area (Å²) in [6.45, 7) is -1.27. The molecule has 2 N–H and O–H groups in total. The first-order chi connectivity index (χ1) is 11.9. The summed E-state index contributed by atoms with van der Waals surface area (Å²) in [6.07, 6.45) is 0. The van der Waals surface area contributed by atoms with E-state index in [1.54, 1.807) is 25.1 Å². The molecule has 0 aromatic heterocycles. The van der Waals surface area contributed by atoms with Crippen LogP contribution in [0.5, 0.6) is 5.75 Å². The number of benzene rings is 2. The van der Waals surface area contributed by atoms with Gasteiger partial charge in [0.2, 0.25) is 5.91 Å². The molecular formula is C17H15F2NO4S. The zero-order valence-electron chi connectivity index (χ0n) is 13.1. The monoisotopic (exact) mass is 367 g/mol. The van der Waals surface area contributed by atoms with E-state index in [9.17, 15) is 18.4 Å². The van der Waals surface area contributed by atoms with Gasteiger partial charge in [0.1, 0.15) is 5.75 Å². The maximum Gasteiger partial charge on any atom is 0.387 e. The Kier molecular flexibility index (Phi) is 6.35. The second kappa shape index (κ2) is 8.48. The van der Waals surface area contributed by atoms with Crippen molar-refractivity contribution in [1.29, 1.82) is 0 Å². The van der Waals surface area contributed by atoms with Gasteiger partial charge in [-0.15, -0.1) is 11.8 Å². The number of anilines is 1. The summed E-state index contributed by atoms with van der Waals surface area (Å²) < 4.78 is 28.4. The third-order valence-corrected chi connectivity index (χ3v) is 4.32. The van der Waals surface area contributed by atoms with Gasteiger partial charge in [0.05, 0.1) is 10.8 Å². The molecule has 1 amide bonds. The van der Waals surface area contributed by atoms with Crippen LogP contribution in [-0.4, -0.2) is 28.8 Å². The Hall–Kier alpha value is -2.61. The lowest BCUT2D eigenvalue weighted by atomic mass is 10.2. The Labute approximate surface area is 147 Å². The highest BCUT2D eigenvalue weighted by Crippen LogP contribution is 2.28. The Balaban J connectivity index is 2.00. The third kappa shape index (κ3) is 5.46. The zero-order valence-corrected chi connectivity index (χ0v) is 13.9. The van der Waals surface area contributed by atoms with E-state index in [1.807, 2.05) is 0 Å². The number of alkyl halides is 2. The van der Waals surface area contributed by atoms with E-state index in [-0.39, 0.29) is 17.2 Å². The molecule has 0 bridgehead atoms. The fourth-order valence-corrected chi connectivity index (χ4v) is 2.94. The van der Waals surface area contributed by atoms with E-state index < -0.39 is 17.8 Å². The van der Waals surface area contributed by atoms with Crippen LogP contribution in [0.3, 0.4) is 0 Å². The van der Waals surface area contributed by atoms with Crippen LogP contribution in [0.4, 0.5) is 14.5 Å². The molecule has 25 heavy (non-hydrogen) atoms. The molecule has 0 aliphatic rings. The third-order valence-electron chi connectivity index (χ3n) is 3.14. The first-order valence-electron chi connectivity index (χ1n) is 7.21. The van der Waals surface area contributed by atoms with E-state index in [0.717, 1.165) is 11.8 Å². The Morgan fingerprint density at radius 1 is 1.12 bits per heavy atom. The number of ether oxygens (including phenoxy) is 1. The number of nitrogens with one attached hydrogen (secondary N) is 1. The van der Waals surface area contributed by atoms with Crippen LogP contribution in [0.2, 0.25) is 0 Å². The van der Waals surface area contributed by atoms with Crippen molar-refractivity contribution in [2.24, 2.45) is 0 Å². The Morgan fingerprint density at radius 2 is 1.76 bits per heavy atom. The summed E-state index contributed by atoms with van der Waals surface area (Å²) in [7, 11) is 0. The maximum atomic E-state index is 12.2. The molecular weight excluding hydrogens is 352 g/mol. The highest BCUT2D eigenvalue weighted by atomic mass is 32.2. The number of amides is 1. The molecule has 0 aliphatic heterocycles. The summed E-state index contributed by atoms with van der Waals surface area (Å²) >= 11 is 1.12. The Bertz CT molecular complexity index is 753. The van der Waals surface area contributed by atoms with Gasteiger partial charge in [0.25, 0.3) is 0 Å². The number of hydrogen-bond acceptors (Lipinski definition) is 4. The zero-order chi connectivity index (χ0) is 18.4. The van der Waals surface area contributed by atoms with E-state index in [4.69, 9.17) is 5.11 Å². The van der Waals surface area contributed by atoms with Gasteiger partial charge in [0.15, 0.2) is 0 Å². The van der Waals surface area contributed by atoms with Crippen LogP contribution in [-0.2, 0) is 4.79 Å². The number of aromatic carboxylic acids is 1. The SMILES string of the molecule is CC(Sc1ccccc1C(=O)O)C(=O)Nc1ccc(OC(F)F)cc1. The highest BCUT2D eigenvalue weighted by molar-refractivity contribution is 8.00. The minimum Gasteiger partial charge on any atom is -0.478 e. The number of carbonyl (C=O) groups excluding carboxylic acids is 1. The van der Waals surface area contributed by atoms with Gasteiger partial charge < -0.3 is 15.2 Å². The average Bonchev–Trinajstić information content (AvgIpc) is 2.56. The summed E-state index contributed by atoms with van der Waals surface area (Å²) in [5.74, 6) is -1.41. The second-order valence-electron chi connectivity index (χ2n) is 4.95. The van der Waals surface area contributed by atoms with Gasteiger partial charge >= 0.3 is 12.6 Å². The number of carboxylic acid groups (broad SMARTS) is 1. The van der Waals surface area contributed by atoms with Crippen molar-refractivity contribution >= 4 is 29.3 Å². The molecule has 1 atom stereocenters. The van der Waals surface area contributed by atoms with E-state index >= 15 is 0 Å². The summed E-state index contributed by atoms with van der Waals surface area (Å²) in [4.78, 5) is 23.9. The van der Waals surface area contributed by atoms with Crippen LogP contribution < -0.4 is 10.1 Å². The molecule has 0 aliphatic carbocycles. The van der Waals surface area contributed by atoms with Gasteiger partial charge in [-0.2, -0.15) is 8.78 Å². The first kappa shape index (κ1) is 18.7. The van der Waals surface area contributed by atoms with Gasteiger partial charge in [-0.1, -0.05) is 12.1 Å². The molecule has 0 saturated heterocycles. The van der Waals surface area contributed by atoms with Crippen molar-refractivity contribution in [3.05, 3.63) is 54.1 Å². The fraction of sp³-hybridized carbons (Fsp3) is 0.176. The van der Waals surface area contributed by atoms with E-state index in [1.165, 1.54) is 30.3 Å². The Morgan fingerprint density at radius 3 is 2.36 bits per heavy atom. The van der Waals surface area contributed by atoms with Crippen molar-refractivity contribution in [2.75, 3.05) is 5.32 Å². The van der Waals surface area contributed by atoms with Crippen LogP contribution in [0.1, 0.15) is 17.3 Å². The van der Waals surface area contributed by atoms with Crippen molar-refractivity contribution in [1.82, 2.24) is 0 Å². The normalized spacial score (nSPS) is 11.8. The smallest absolute Gasteiger partial charge is 0.387 e. The van der Waals surface area contributed by atoms with Crippen molar-refractivity contribution in [3.63, 3.8) is 0 Å². The molecule has 1 unspecified atom stereocenters. The van der Waals surface area contributed by atoms with Crippen LogP contribution in [0.25, 0.3) is 0 Å². The summed E-state index contributed by atoms with van der Waals surface area (Å²) in [6, 6.07) is 11.9. The molecule has 2 rings (SSSR count). The first-order valence-corrected chi connectivity index (χ1v) is 8.09. The predicted molar refractivity (Wildman–Crippen MR) is 90.4 cm³/mol. The number of carbonyl (C=O) groups is 2. The molecule has 0 saturated carbocycles. The summed E-state index contributed by atoms with van der Waals surface area (Å²) in [5.41, 5.74) is 0.547. The van der Waals surface area contributed by atoms with Gasteiger partial charge in [-0.25, -0.2) is 4.79 Å². The summed E-state index contributed by atoms with van der Waals surface area (Å²) in [5, 5.41) is 11.2. The number of halogens is 2. The molecule has 0 fully saturated rings. The van der Waals surface area contributed by atoms with E-state index in [2.05, 4.69) is 10.1 Å². The second-order valence-corrected chi connectivity index (χ2v) is 6.34. The molecule has 0 radical (unpaired) electrons.